The van der Waals surface area contributed by atoms with Crippen molar-refractivity contribution in [3.63, 3.8) is 0 Å². The van der Waals surface area contributed by atoms with Crippen LogP contribution in [-0.2, 0) is 9.13 Å². The molecule has 9 heteroatoms. The van der Waals surface area contributed by atoms with Crippen molar-refractivity contribution in [3.05, 3.63) is 132 Å². The Morgan fingerprint density at radius 1 is 0.405 bits per heavy atom. The number of rotatable bonds is 10. The fraction of sp³-hybridized carbons (Fsp3) is 0. The monoisotopic (exact) mass is 548 g/mol. The second kappa shape index (κ2) is 11.1. The predicted molar refractivity (Wildman–Crippen MR) is 147 cm³/mol. The summed E-state index contributed by atoms with van der Waals surface area (Å²) in [5, 5.41) is 3.38. The van der Waals surface area contributed by atoms with Gasteiger partial charge in [-0.15, -0.1) is 0 Å². The summed E-state index contributed by atoms with van der Waals surface area (Å²) in [7, 11) is -8.27. The van der Waals surface area contributed by atoms with Crippen molar-refractivity contribution in [2.75, 3.05) is 0 Å². The van der Waals surface area contributed by atoms with E-state index in [1.807, 2.05) is 24.3 Å². The normalized spacial score (nSPS) is 11.5. The van der Waals surface area contributed by atoms with Crippen molar-refractivity contribution in [3.8, 4) is 23.0 Å². The van der Waals surface area contributed by atoms with Gasteiger partial charge in [0.2, 0.25) is 0 Å². The van der Waals surface area contributed by atoms with Gasteiger partial charge in [-0.05, 0) is 48.5 Å². The first kappa shape index (κ1) is 24.9. The van der Waals surface area contributed by atoms with Crippen molar-refractivity contribution < 1.29 is 27.2 Å². The van der Waals surface area contributed by atoms with E-state index in [9.17, 15) is 9.13 Å². The molecule has 0 fully saturated rings. The standard InChI is InChI=1S/C28H22O6P2S/c29-35(31-23-13-5-1-6-14-23,32-24-15-7-2-8-16-24)27-21-37-22-28(27)36(30,33-25-17-9-3-10-18-25)34-26-19-11-4-12-20-26/h1-22H. The SMILES string of the molecule is O=P(Oc1ccccc1)(Oc1ccccc1)c1cscc1P(=O)(Oc1ccccc1)Oc1ccccc1. The fourth-order valence-electron chi connectivity index (χ4n) is 3.41. The number of thiophene rings is 1. The maximum Gasteiger partial charge on any atom is 0.464 e. The van der Waals surface area contributed by atoms with Crippen molar-refractivity contribution in [1.82, 2.24) is 0 Å². The lowest BCUT2D eigenvalue weighted by molar-refractivity contribution is 0.394. The van der Waals surface area contributed by atoms with Crippen LogP contribution in [0.3, 0.4) is 0 Å². The fourth-order valence-corrected chi connectivity index (χ4v) is 9.05. The lowest BCUT2D eigenvalue weighted by Gasteiger charge is -2.24. The van der Waals surface area contributed by atoms with Crippen LogP contribution in [0.2, 0.25) is 0 Å². The Bertz CT molecular complexity index is 1320. The maximum absolute atomic E-state index is 14.5. The quantitative estimate of drug-likeness (QED) is 0.167. The van der Waals surface area contributed by atoms with E-state index in [0.29, 0.717) is 23.0 Å². The molecule has 0 aliphatic rings. The summed E-state index contributed by atoms with van der Waals surface area (Å²) in [5.74, 6) is 1.34. The Hall–Kier alpha value is -3.76. The summed E-state index contributed by atoms with van der Waals surface area (Å²) in [5.41, 5.74) is 0. The number of hydrogen-bond acceptors (Lipinski definition) is 7. The highest BCUT2D eigenvalue weighted by Gasteiger charge is 2.44. The first-order chi connectivity index (χ1) is 18.0. The van der Waals surface area contributed by atoms with E-state index < -0.39 is 15.2 Å². The Morgan fingerprint density at radius 3 is 0.892 bits per heavy atom. The molecule has 37 heavy (non-hydrogen) atoms. The van der Waals surface area contributed by atoms with E-state index in [-0.39, 0.29) is 10.6 Å². The van der Waals surface area contributed by atoms with E-state index >= 15 is 0 Å². The maximum atomic E-state index is 14.5. The smallest absolute Gasteiger partial charge is 0.413 e. The first-order valence-corrected chi connectivity index (χ1v) is 15.3. The topological polar surface area (TPSA) is 71.1 Å². The minimum Gasteiger partial charge on any atom is -0.413 e. The van der Waals surface area contributed by atoms with Crippen molar-refractivity contribution in [1.29, 1.82) is 0 Å². The van der Waals surface area contributed by atoms with E-state index in [2.05, 4.69) is 0 Å². The molecule has 0 radical (unpaired) electrons. The largest absolute Gasteiger partial charge is 0.464 e. The van der Waals surface area contributed by atoms with Gasteiger partial charge in [-0.2, -0.15) is 11.3 Å². The minimum atomic E-state index is -4.13. The highest BCUT2D eigenvalue weighted by atomic mass is 32.1. The number of hydrogen-bond donors (Lipinski definition) is 0. The van der Waals surface area contributed by atoms with Gasteiger partial charge in [0.05, 0.1) is 0 Å². The van der Waals surface area contributed by atoms with E-state index in [0.717, 1.165) is 0 Å². The molecule has 0 bridgehead atoms. The van der Waals surface area contributed by atoms with Crippen LogP contribution in [0.1, 0.15) is 0 Å². The number of para-hydroxylation sites is 4. The summed E-state index contributed by atoms with van der Waals surface area (Å²) >= 11 is 1.20. The third-order valence-corrected chi connectivity index (χ3v) is 10.1. The number of benzene rings is 4. The van der Waals surface area contributed by atoms with Gasteiger partial charge < -0.3 is 18.1 Å². The second-order valence-electron chi connectivity index (χ2n) is 7.75. The van der Waals surface area contributed by atoms with Crippen LogP contribution in [-0.4, -0.2) is 0 Å². The summed E-state index contributed by atoms with van der Waals surface area (Å²) in [6.45, 7) is 0. The van der Waals surface area contributed by atoms with Crippen LogP contribution in [0.4, 0.5) is 0 Å². The average molecular weight is 548 g/mol. The Morgan fingerprint density at radius 2 is 0.649 bits per heavy atom. The van der Waals surface area contributed by atoms with Crippen LogP contribution < -0.4 is 28.7 Å². The summed E-state index contributed by atoms with van der Waals surface area (Å²) < 4.78 is 53.0. The molecular weight excluding hydrogens is 526 g/mol. The van der Waals surface area contributed by atoms with Crippen LogP contribution in [0.5, 0.6) is 23.0 Å². The molecule has 0 amide bonds. The Kier molecular flexibility index (Phi) is 7.47. The predicted octanol–water partition coefficient (Wildman–Crippen LogP) is 7.70. The van der Waals surface area contributed by atoms with Gasteiger partial charge in [0.15, 0.2) is 0 Å². The molecule has 0 saturated heterocycles. The van der Waals surface area contributed by atoms with Crippen molar-refractivity contribution in [2.45, 2.75) is 0 Å². The average Bonchev–Trinajstić information content (AvgIpc) is 3.43. The molecule has 1 aromatic heterocycles. The summed E-state index contributed by atoms with van der Waals surface area (Å²) in [4.78, 5) is 0. The molecule has 5 rings (SSSR count). The molecule has 4 aromatic carbocycles. The van der Waals surface area contributed by atoms with Crippen molar-refractivity contribution in [2.24, 2.45) is 0 Å². The molecule has 0 aliphatic heterocycles. The van der Waals surface area contributed by atoms with Gasteiger partial charge >= 0.3 is 15.2 Å². The van der Waals surface area contributed by atoms with E-state index in [1.165, 1.54) is 11.3 Å². The van der Waals surface area contributed by atoms with Crippen molar-refractivity contribution >= 4 is 37.1 Å². The van der Waals surface area contributed by atoms with E-state index in [4.69, 9.17) is 18.1 Å². The van der Waals surface area contributed by atoms with Crippen LogP contribution in [0.15, 0.2) is 132 Å². The first-order valence-electron chi connectivity index (χ1n) is 11.3. The second-order valence-corrected chi connectivity index (χ2v) is 12.2. The Balaban J connectivity index is 1.61. The summed E-state index contributed by atoms with van der Waals surface area (Å²) in [6.07, 6.45) is 0. The molecule has 0 spiro atoms. The van der Waals surface area contributed by atoms with Crippen LogP contribution in [0.25, 0.3) is 0 Å². The zero-order valence-electron chi connectivity index (χ0n) is 19.5. The zero-order chi connectivity index (χ0) is 25.6. The molecule has 0 unspecified atom stereocenters. The third-order valence-electron chi connectivity index (χ3n) is 5.09. The highest BCUT2D eigenvalue weighted by molar-refractivity contribution is 7.70. The highest BCUT2D eigenvalue weighted by Crippen LogP contribution is 2.53. The molecule has 0 N–H and O–H groups in total. The minimum absolute atomic E-state index is 0.0976. The third kappa shape index (κ3) is 5.98. The van der Waals surface area contributed by atoms with Crippen LogP contribution >= 0.6 is 26.5 Å². The molecule has 0 atom stereocenters. The van der Waals surface area contributed by atoms with Gasteiger partial charge in [0, 0.05) is 10.8 Å². The molecular formula is C28H22O6P2S. The zero-order valence-corrected chi connectivity index (χ0v) is 22.1. The van der Waals surface area contributed by atoms with Gasteiger partial charge in [0.1, 0.15) is 33.6 Å². The molecule has 0 aliphatic carbocycles. The van der Waals surface area contributed by atoms with Gasteiger partial charge in [-0.3, -0.25) is 0 Å². The van der Waals surface area contributed by atoms with Gasteiger partial charge in [0.25, 0.3) is 0 Å². The lowest BCUT2D eigenvalue weighted by atomic mass is 10.3. The molecule has 0 saturated carbocycles. The summed E-state index contributed by atoms with van der Waals surface area (Å²) in [6, 6.07) is 34.8. The lowest BCUT2D eigenvalue weighted by Crippen LogP contribution is -2.29. The van der Waals surface area contributed by atoms with Gasteiger partial charge in [-0.1, -0.05) is 72.8 Å². The molecule has 5 aromatic rings. The molecule has 6 nitrogen and oxygen atoms in total. The molecule has 1 heterocycles. The van der Waals surface area contributed by atoms with Crippen LogP contribution in [0, 0.1) is 0 Å². The Labute approximate surface area is 219 Å². The molecule has 186 valence electrons. The van der Waals surface area contributed by atoms with Gasteiger partial charge in [-0.25, -0.2) is 9.13 Å². The van der Waals surface area contributed by atoms with E-state index in [1.54, 1.807) is 108 Å².